The van der Waals surface area contributed by atoms with E-state index >= 15 is 0 Å². The van der Waals surface area contributed by atoms with E-state index < -0.39 is 5.97 Å². The van der Waals surface area contributed by atoms with Crippen molar-refractivity contribution in [2.45, 2.75) is 13.5 Å². The maximum atomic E-state index is 10.4. The maximum Gasteiger partial charge on any atom is 0.352 e. The van der Waals surface area contributed by atoms with Crippen LogP contribution in [0, 0.1) is 6.92 Å². The van der Waals surface area contributed by atoms with Crippen molar-refractivity contribution in [3.8, 4) is 0 Å². The number of aromatic amines is 1. The molecule has 11 heavy (non-hydrogen) atoms. The lowest BCUT2D eigenvalue weighted by Gasteiger charge is -1.89. The molecular weight excluding hydrogens is 146 g/mol. The van der Waals surface area contributed by atoms with Crippen molar-refractivity contribution in [2.24, 2.45) is 0 Å². The fourth-order valence-electron chi connectivity index (χ4n) is 0.936. The Balaban J connectivity index is 3.07. The van der Waals surface area contributed by atoms with Gasteiger partial charge in [-0.2, -0.15) is 0 Å². The molecule has 0 bridgehead atoms. The first-order valence-electron chi connectivity index (χ1n) is 3.17. The fraction of sp³-hybridized carbons (Fsp3) is 0.286. The monoisotopic (exact) mass is 155 g/mol. The minimum atomic E-state index is -0.998. The molecule has 1 aromatic heterocycles. The third-order valence-corrected chi connectivity index (χ3v) is 1.45. The average Bonchev–Trinajstić information content (AvgIpc) is 2.30. The van der Waals surface area contributed by atoms with Crippen LogP contribution in [0.5, 0.6) is 0 Å². The van der Waals surface area contributed by atoms with Gasteiger partial charge in [0.05, 0.1) is 6.61 Å². The molecule has 4 nitrogen and oxygen atoms in total. The molecule has 4 heteroatoms. The van der Waals surface area contributed by atoms with Gasteiger partial charge in [-0.05, 0) is 18.6 Å². The Morgan fingerprint density at radius 3 is 2.64 bits per heavy atom. The number of carboxylic acid groups (broad SMARTS) is 1. The summed E-state index contributed by atoms with van der Waals surface area (Å²) in [5.74, 6) is -0.998. The summed E-state index contributed by atoms with van der Waals surface area (Å²) in [4.78, 5) is 13.0. The summed E-state index contributed by atoms with van der Waals surface area (Å²) < 4.78 is 0. The number of aromatic carboxylic acids is 1. The summed E-state index contributed by atoms with van der Waals surface area (Å²) in [6.07, 6.45) is 0. The summed E-state index contributed by atoms with van der Waals surface area (Å²) in [6.45, 7) is 1.52. The molecule has 0 saturated carbocycles. The molecule has 0 aromatic carbocycles. The summed E-state index contributed by atoms with van der Waals surface area (Å²) in [6, 6.07) is 1.61. The molecule has 1 heterocycles. The molecule has 1 aromatic rings. The molecule has 0 amide bonds. The molecule has 0 spiro atoms. The predicted octanol–water partition coefficient (Wildman–Crippen LogP) is 0.514. The van der Waals surface area contributed by atoms with Crippen LogP contribution in [0.25, 0.3) is 0 Å². The van der Waals surface area contributed by atoms with E-state index in [1.54, 1.807) is 13.0 Å². The second kappa shape index (κ2) is 2.75. The molecule has 0 aliphatic rings. The zero-order valence-corrected chi connectivity index (χ0v) is 6.09. The van der Waals surface area contributed by atoms with Crippen LogP contribution >= 0.6 is 0 Å². The molecule has 1 rings (SSSR count). The van der Waals surface area contributed by atoms with Crippen LogP contribution in [0.3, 0.4) is 0 Å². The zero-order valence-electron chi connectivity index (χ0n) is 6.09. The molecule has 0 atom stereocenters. The second-order valence-corrected chi connectivity index (χ2v) is 2.32. The Hall–Kier alpha value is -1.29. The number of carboxylic acids is 1. The minimum Gasteiger partial charge on any atom is -0.477 e. The summed E-state index contributed by atoms with van der Waals surface area (Å²) >= 11 is 0. The molecule has 0 radical (unpaired) electrons. The number of hydrogen-bond donors (Lipinski definition) is 3. The lowest BCUT2D eigenvalue weighted by molar-refractivity contribution is 0.0690. The van der Waals surface area contributed by atoms with Gasteiger partial charge < -0.3 is 15.2 Å². The first-order chi connectivity index (χ1) is 5.15. The van der Waals surface area contributed by atoms with E-state index in [2.05, 4.69) is 4.98 Å². The zero-order chi connectivity index (χ0) is 8.43. The van der Waals surface area contributed by atoms with E-state index in [9.17, 15) is 4.79 Å². The molecule has 0 saturated heterocycles. The Morgan fingerprint density at radius 2 is 2.36 bits per heavy atom. The molecule has 0 aliphatic heterocycles. The van der Waals surface area contributed by atoms with Crippen molar-refractivity contribution in [1.82, 2.24) is 4.98 Å². The first-order valence-corrected chi connectivity index (χ1v) is 3.17. The van der Waals surface area contributed by atoms with E-state index in [4.69, 9.17) is 10.2 Å². The number of carbonyl (C=O) groups is 1. The number of aromatic nitrogens is 1. The third kappa shape index (κ3) is 1.40. The van der Waals surface area contributed by atoms with Crippen molar-refractivity contribution in [2.75, 3.05) is 0 Å². The van der Waals surface area contributed by atoms with Crippen LogP contribution in [0.15, 0.2) is 6.07 Å². The number of H-pyrrole nitrogens is 1. The van der Waals surface area contributed by atoms with Gasteiger partial charge in [-0.25, -0.2) is 4.79 Å². The Morgan fingerprint density at radius 1 is 1.73 bits per heavy atom. The predicted molar refractivity (Wildman–Crippen MR) is 38.4 cm³/mol. The lowest BCUT2D eigenvalue weighted by Crippen LogP contribution is -1.98. The largest absolute Gasteiger partial charge is 0.477 e. The molecule has 60 valence electrons. The molecule has 0 unspecified atom stereocenters. The maximum absolute atomic E-state index is 10.4. The first kappa shape index (κ1) is 7.81. The van der Waals surface area contributed by atoms with Gasteiger partial charge in [-0.1, -0.05) is 0 Å². The van der Waals surface area contributed by atoms with Crippen LogP contribution in [-0.4, -0.2) is 21.2 Å². The molecular formula is C7H9NO3. The average molecular weight is 155 g/mol. The third-order valence-electron chi connectivity index (χ3n) is 1.45. The van der Waals surface area contributed by atoms with Gasteiger partial charge in [0.2, 0.25) is 0 Å². The van der Waals surface area contributed by atoms with Gasteiger partial charge in [-0.3, -0.25) is 0 Å². The standard InChI is InChI=1S/C7H9NO3/c1-4-2-5(3-9)8-6(4)7(10)11/h2,8-9H,3H2,1H3,(H,10,11). The highest BCUT2D eigenvalue weighted by Crippen LogP contribution is 2.08. The van der Waals surface area contributed by atoms with E-state index in [-0.39, 0.29) is 12.3 Å². The Labute approximate surface area is 63.5 Å². The minimum absolute atomic E-state index is 0.147. The topological polar surface area (TPSA) is 73.3 Å². The van der Waals surface area contributed by atoms with E-state index in [0.29, 0.717) is 11.3 Å². The van der Waals surface area contributed by atoms with Gasteiger partial charge in [0.15, 0.2) is 0 Å². The summed E-state index contributed by atoms with van der Waals surface area (Å²) in [5.41, 5.74) is 1.32. The fourth-order valence-corrected chi connectivity index (χ4v) is 0.936. The molecule has 0 fully saturated rings. The number of aliphatic hydroxyl groups excluding tert-OH is 1. The van der Waals surface area contributed by atoms with Gasteiger partial charge in [0, 0.05) is 5.69 Å². The van der Waals surface area contributed by atoms with Crippen molar-refractivity contribution < 1.29 is 15.0 Å². The quantitative estimate of drug-likeness (QED) is 0.582. The van der Waals surface area contributed by atoms with Crippen LogP contribution in [0.2, 0.25) is 0 Å². The SMILES string of the molecule is Cc1cc(CO)[nH]c1C(=O)O. The van der Waals surface area contributed by atoms with Crippen molar-refractivity contribution in [3.05, 3.63) is 23.0 Å². The normalized spacial score (nSPS) is 10.0. The number of aryl methyl sites for hydroxylation is 1. The summed E-state index contributed by atoms with van der Waals surface area (Å²) in [7, 11) is 0. The number of rotatable bonds is 2. The number of nitrogens with one attached hydrogen (secondary N) is 1. The highest BCUT2D eigenvalue weighted by Gasteiger charge is 2.09. The number of aliphatic hydroxyl groups is 1. The summed E-state index contributed by atoms with van der Waals surface area (Å²) in [5, 5.41) is 17.2. The van der Waals surface area contributed by atoms with Gasteiger partial charge >= 0.3 is 5.97 Å². The highest BCUT2D eigenvalue weighted by molar-refractivity contribution is 5.87. The smallest absolute Gasteiger partial charge is 0.352 e. The highest BCUT2D eigenvalue weighted by atomic mass is 16.4. The van der Waals surface area contributed by atoms with Crippen molar-refractivity contribution in [1.29, 1.82) is 0 Å². The van der Waals surface area contributed by atoms with Crippen LogP contribution in [-0.2, 0) is 6.61 Å². The molecule has 3 N–H and O–H groups in total. The van der Waals surface area contributed by atoms with Crippen molar-refractivity contribution in [3.63, 3.8) is 0 Å². The van der Waals surface area contributed by atoms with E-state index in [1.807, 2.05) is 0 Å². The van der Waals surface area contributed by atoms with Gasteiger partial charge in [0.25, 0.3) is 0 Å². The van der Waals surface area contributed by atoms with Crippen LogP contribution in [0.1, 0.15) is 21.7 Å². The Kier molecular flexibility index (Phi) is 1.96. The second-order valence-electron chi connectivity index (χ2n) is 2.32. The van der Waals surface area contributed by atoms with Crippen molar-refractivity contribution >= 4 is 5.97 Å². The van der Waals surface area contributed by atoms with Gasteiger partial charge in [-0.15, -0.1) is 0 Å². The van der Waals surface area contributed by atoms with Crippen LogP contribution in [0.4, 0.5) is 0 Å². The Bertz CT molecular complexity index is 277. The van der Waals surface area contributed by atoms with E-state index in [1.165, 1.54) is 0 Å². The number of hydrogen-bond acceptors (Lipinski definition) is 2. The lowest BCUT2D eigenvalue weighted by atomic mass is 10.3. The van der Waals surface area contributed by atoms with Gasteiger partial charge in [0.1, 0.15) is 5.69 Å². The van der Waals surface area contributed by atoms with Crippen LogP contribution < -0.4 is 0 Å². The van der Waals surface area contributed by atoms with E-state index in [0.717, 1.165) is 0 Å². The molecule has 0 aliphatic carbocycles.